The molecule has 0 bridgehead atoms. The lowest BCUT2D eigenvalue weighted by molar-refractivity contribution is -0.385. The second-order valence-electron chi connectivity index (χ2n) is 9.28. The predicted molar refractivity (Wildman–Crippen MR) is 133 cm³/mol. The van der Waals surface area contributed by atoms with Crippen molar-refractivity contribution in [3.05, 3.63) is 81.0 Å². The van der Waals surface area contributed by atoms with Crippen molar-refractivity contribution < 1.29 is 36.4 Å². The van der Waals surface area contributed by atoms with Crippen LogP contribution >= 0.6 is 0 Å². The average Bonchev–Trinajstić information content (AvgIpc) is 3.22. The molecule has 0 unspecified atom stereocenters. The van der Waals surface area contributed by atoms with Gasteiger partial charge in [0.15, 0.2) is 0 Å². The maximum Gasteiger partial charge on any atom is 0.436 e. The van der Waals surface area contributed by atoms with E-state index < -0.39 is 61.1 Å². The van der Waals surface area contributed by atoms with E-state index in [-0.39, 0.29) is 35.8 Å². The average molecular weight is 564 g/mol. The number of carbonyl (C=O) groups excluding carboxylic acids is 2. The lowest BCUT2D eigenvalue weighted by Gasteiger charge is -2.36. The molecule has 0 saturated carbocycles. The van der Waals surface area contributed by atoms with Gasteiger partial charge in [-0.1, -0.05) is 26.0 Å². The van der Waals surface area contributed by atoms with Crippen LogP contribution in [0.4, 0.5) is 25.1 Å². The highest BCUT2D eigenvalue weighted by atomic mass is 32.2. The molecule has 2 heterocycles. The lowest BCUT2D eigenvalue weighted by Crippen LogP contribution is -2.45. The number of ether oxygens (including phenoxy) is 1. The van der Waals surface area contributed by atoms with E-state index in [2.05, 4.69) is 10.4 Å². The number of nitrogens with one attached hydrogen (secondary N) is 1. The van der Waals surface area contributed by atoms with Crippen LogP contribution in [-0.4, -0.2) is 52.6 Å². The normalized spacial score (nSPS) is 14.9. The van der Waals surface area contributed by atoms with Crippen LogP contribution in [-0.2, 0) is 26.7 Å². The molecule has 15 heteroatoms. The number of benzene rings is 2. The van der Waals surface area contributed by atoms with Gasteiger partial charge in [-0.15, -0.1) is 4.68 Å². The number of fused-ring (bicyclic) bond motifs is 1. The Morgan fingerprint density at radius 3 is 2.44 bits per heavy atom. The fourth-order valence-electron chi connectivity index (χ4n) is 4.33. The van der Waals surface area contributed by atoms with Crippen LogP contribution in [0.2, 0.25) is 0 Å². The topological polar surface area (TPSA) is 154 Å². The first-order valence-electron chi connectivity index (χ1n) is 11.6. The molecule has 0 radical (unpaired) electrons. The molecular formula is C24H23F2N5O7S. The zero-order valence-corrected chi connectivity index (χ0v) is 21.8. The van der Waals surface area contributed by atoms with E-state index >= 15 is 0 Å². The number of halogens is 2. The minimum atomic E-state index is -4.46. The standard InChI is InChI=1S/C24H23F2N5O7S/c1-4-38-23(33)30-21(27-22(32)17-7-5-6-8-19(17)31(34)35)18-12-29(13-24(2,3)20(18)28-30)39(36,37)16-10-14(25)9-15(26)11-16/h5-11H,4,12-13H2,1-3H3,(H,27,32). The van der Waals surface area contributed by atoms with Crippen molar-refractivity contribution in [3.8, 4) is 0 Å². The molecule has 1 amide bonds. The number of nitro groups is 1. The molecule has 1 aliphatic rings. The van der Waals surface area contributed by atoms with Gasteiger partial charge in [-0.3, -0.25) is 14.9 Å². The van der Waals surface area contributed by atoms with E-state index in [0.29, 0.717) is 18.2 Å². The molecule has 3 aromatic rings. The van der Waals surface area contributed by atoms with Crippen LogP contribution in [0.3, 0.4) is 0 Å². The minimum absolute atomic E-state index is 0.0457. The van der Waals surface area contributed by atoms with Gasteiger partial charge in [0.05, 0.1) is 22.1 Å². The van der Waals surface area contributed by atoms with Crippen molar-refractivity contribution >= 4 is 33.5 Å². The Hall–Kier alpha value is -4.24. The fourth-order valence-corrected chi connectivity index (χ4v) is 5.95. The summed E-state index contributed by atoms with van der Waals surface area (Å²) in [6, 6.07) is 7.03. The number of hydrogen-bond acceptors (Lipinski definition) is 8. The van der Waals surface area contributed by atoms with Crippen LogP contribution in [0.1, 0.15) is 42.4 Å². The van der Waals surface area contributed by atoms with Gasteiger partial charge in [0.2, 0.25) is 10.0 Å². The number of hydrogen-bond donors (Lipinski definition) is 1. The van der Waals surface area contributed by atoms with Crippen molar-refractivity contribution in [1.82, 2.24) is 14.1 Å². The molecule has 0 saturated heterocycles. The number of anilines is 1. The summed E-state index contributed by atoms with van der Waals surface area (Å²) in [5.74, 6) is -3.39. The quantitative estimate of drug-likeness (QED) is 0.351. The Balaban J connectivity index is 1.84. The van der Waals surface area contributed by atoms with Crippen molar-refractivity contribution in [2.24, 2.45) is 0 Å². The molecule has 0 spiro atoms. The number of sulfonamides is 1. The SMILES string of the molecule is CCOC(=O)n1nc2c(c1NC(=O)c1ccccc1[N+](=O)[O-])CN(S(=O)(=O)c1cc(F)cc(F)c1)CC2(C)C. The van der Waals surface area contributed by atoms with E-state index in [0.717, 1.165) is 15.1 Å². The number of para-hydroxylation sites is 1. The molecule has 39 heavy (non-hydrogen) atoms. The molecule has 4 rings (SSSR count). The second-order valence-corrected chi connectivity index (χ2v) is 11.2. The Morgan fingerprint density at radius 2 is 1.82 bits per heavy atom. The Bertz CT molecular complexity index is 1580. The van der Waals surface area contributed by atoms with Gasteiger partial charge in [-0.2, -0.15) is 9.40 Å². The van der Waals surface area contributed by atoms with Crippen LogP contribution in [0, 0.1) is 21.7 Å². The summed E-state index contributed by atoms with van der Waals surface area (Å²) in [4.78, 5) is 36.0. The molecule has 2 aromatic carbocycles. The van der Waals surface area contributed by atoms with Gasteiger partial charge in [0, 0.05) is 36.2 Å². The van der Waals surface area contributed by atoms with Crippen LogP contribution in [0.5, 0.6) is 0 Å². The molecule has 1 N–H and O–H groups in total. The molecule has 0 atom stereocenters. The molecule has 206 valence electrons. The van der Waals surface area contributed by atoms with E-state index in [1.807, 2.05) is 0 Å². The van der Waals surface area contributed by atoms with Crippen molar-refractivity contribution in [1.29, 1.82) is 0 Å². The van der Waals surface area contributed by atoms with Gasteiger partial charge < -0.3 is 10.1 Å². The van der Waals surface area contributed by atoms with E-state index in [1.165, 1.54) is 18.2 Å². The monoisotopic (exact) mass is 563 g/mol. The highest BCUT2D eigenvalue weighted by Gasteiger charge is 2.43. The zero-order valence-electron chi connectivity index (χ0n) is 21.0. The zero-order chi connectivity index (χ0) is 28.7. The van der Waals surface area contributed by atoms with E-state index in [4.69, 9.17) is 4.74 Å². The predicted octanol–water partition coefficient (Wildman–Crippen LogP) is 3.81. The number of carbonyl (C=O) groups is 2. The third-order valence-corrected chi connectivity index (χ3v) is 7.79. The van der Waals surface area contributed by atoms with Gasteiger partial charge >= 0.3 is 6.09 Å². The summed E-state index contributed by atoms with van der Waals surface area (Å²) < 4.78 is 61.3. The number of amides is 1. The largest absolute Gasteiger partial charge is 0.448 e. The first-order valence-corrected chi connectivity index (χ1v) is 13.0. The van der Waals surface area contributed by atoms with E-state index in [9.17, 15) is 36.9 Å². The third kappa shape index (κ3) is 5.22. The van der Waals surface area contributed by atoms with Gasteiger partial charge in [0.25, 0.3) is 11.6 Å². The fraction of sp³-hybridized carbons (Fsp3) is 0.292. The summed E-state index contributed by atoms with van der Waals surface area (Å²) in [6.45, 7) is 4.15. The van der Waals surface area contributed by atoms with Gasteiger partial charge in [-0.05, 0) is 25.1 Å². The molecule has 12 nitrogen and oxygen atoms in total. The molecule has 1 aliphatic heterocycles. The van der Waals surface area contributed by atoms with Crippen molar-refractivity contribution in [3.63, 3.8) is 0 Å². The molecular weight excluding hydrogens is 540 g/mol. The summed E-state index contributed by atoms with van der Waals surface area (Å²) in [6.07, 6.45) is -0.984. The van der Waals surface area contributed by atoms with Crippen molar-refractivity contribution in [2.75, 3.05) is 18.5 Å². The molecule has 0 fully saturated rings. The van der Waals surface area contributed by atoms with Crippen LogP contribution < -0.4 is 5.32 Å². The molecule has 1 aromatic heterocycles. The van der Waals surface area contributed by atoms with E-state index in [1.54, 1.807) is 20.8 Å². The first-order chi connectivity index (χ1) is 18.3. The van der Waals surface area contributed by atoms with Gasteiger partial charge in [0.1, 0.15) is 23.0 Å². The Kier molecular flexibility index (Phi) is 7.23. The smallest absolute Gasteiger partial charge is 0.436 e. The number of rotatable bonds is 6. The summed E-state index contributed by atoms with van der Waals surface area (Å²) in [7, 11) is -4.46. The van der Waals surface area contributed by atoms with Crippen molar-refractivity contribution in [2.45, 2.75) is 37.6 Å². The first kappa shape index (κ1) is 27.8. The number of nitro benzene ring substituents is 1. The van der Waals surface area contributed by atoms with Gasteiger partial charge in [-0.25, -0.2) is 22.0 Å². The van der Waals surface area contributed by atoms with Crippen LogP contribution in [0.25, 0.3) is 0 Å². The summed E-state index contributed by atoms with van der Waals surface area (Å²) in [5, 5.41) is 18.2. The number of nitrogens with zero attached hydrogens (tertiary/aromatic N) is 4. The second kappa shape index (κ2) is 10.1. The summed E-state index contributed by atoms with van der Waals surface area (Å²) >= 11 is 0. The van der Waals surface area contributed by atoms with Crippen LogP contribution in [0.15, 0.2) is 47.4 Å². The summed E-state index contributed by atoms with van der Waals surface area (Å²) in [5.41, 5.74) is -1.51. The highest BCUT2D eigenvalue weighted by Crippen LogP contribution is 2.39. The maximum atomic E-state index is 13.9. The Labute approximate surface area is 221 Å². The third-order valence-electron chi connectivity index (χ3n) is 6.02. The lowest BCUT2D eigenvalue weighted by atomic mass is 9.84. The molecule has 0 aliphatic carbocycles. The number of aromatic nitrogens is 2. The Morgan fingerprint density at radius 1 is 1.18 bits per heavy atom. The highest BCUT2D eigenvalue weighted by molar-refractivity contribution is 7.89. The minimum Gasteiger partial charge on any atom is -0.448 e. The maximum absolute atomic E-state index is 13.9.